The molecule has 6 rings (SSSR count). The van der Waals surface area contributed by atoms with Gasteiger partial charge in [-0.3, -0.25) is 24.1 Å². The highest BCUT2D eigenvalue weighted by Gasteiger charge is 2.69. The summed E-state index contributed by atoms with van der Waals surface area (Å²) in [6.07, 6.45) is 1.09. The molecule has 1 aromatic carbocycles. The second-order valence-corrected chi connectivity index (χ2v) is 11.9. The minimum absolute atomic E-state index is 0.0377. The topological polar surface area (TPSA) is 108 Å². The van der Waals surface area contributed by atoms with Gasteiger partial charge in [-0.2, -0.15) is 0 Å². The zero-order valence-corrected chi connectivity index (χ0v) is 19.7. The number of benzene rings is 1. The number of aliphatic carboxylic acids is 1. The van der Waals surface area contributed by atoms with Crippen LogP contribution < -0.4 is 4.87 Å². The van der Waals surface area contributed by atoms with Gasteiger partial charge in [-0.1, -0.05) is 41.2 Å². The van der Waals surface area contributed by atoms with Crippen molar-refractivity contribution in [3.05, 3.63) is 49.9 Å². The first-order chi connectivity index (χ1) is 15.8. The van der Waals surface area contributed by atoms with Crippen LogP contribution in [0.25, 0.3) is 0 Å². The number of thioether (sulfide) groups is 1. The molecular formula is C24H24N2O5S2. The van der Waals surface area contributed by atoms with Crippen LogP contribution in [0.3, 0.4) is 0 Å². The minimum Gasteiger partial charge on any atom is -0.481 e. The van der Waals surface area contributed by atoms with Gasteiger partial charge in [-0.25, -0.2) is 0 Å². The van der Waals surface area contributed by atoms with Crippen molar-refractivity contribution in [3.8, 4) is 0 Å². The molecule has 1 saturated heterocycles. The molecule has 0 spiro atoms. The number of likely N-dealkylation sites (tertiary alicyclic amines) is 1. The smallest absolute Gasteiger partial charge is 0.305 e. The Morgan fingerprint density at radius 3 is 2.52 bits per heavy atom. The van der Waals surface area contributed by atoms with Gasteiger partial charge in [-0.15, -0.1) is 11.8 Å². The van der Waals surface area contributed by atoms with Crippen LogP contribution in [0.1, 0.15) is 41.2 Å². The van der Waals surface area contributed by atoms with Crippen LogP contribution >= 0.6 is 23.1 Å². The summed E-state index contributed by atoms with van der Waals surface area (Å²) in [6, 6.07) is 8.44. The number of aryl methyl sites for hydroxylation is 1. The van der Waals surface area contributed by atoms with E-state index in [0.717, 1.165) is 21.9 Å². The molecule has 7 atom stereocenters. The number of aromatic amines is 1. The van der Waals surface area contributed by atoms with Crippen LogP contribution in [0.2, 0.25) is 0 Å². The van der Waals surface area contributed by atoms with E-state index in [0.29, 0.717) is 0 Å². The molecule has 172 valence electrons. The lowest BCUT2D eigenvalue weighted by Gasteiger charge is -2.43. The third-order valence-electron chi connectivity index (χ3n) is 8.02. The fourth-order valence-electron chi connectivity index (χ4n) is 6.83. The molecular weight excluding hydrogens is 460 g/mol. The Bertz CT molecular complexity index is 1220. The van der Waals surface area contributed by atoms with Crippen molar-refractivity contribution in [3.63, 3.8) is 0 Å². The number of amides is 2. The number of nitrogens with one attached hydrogen (secondary N) is 1. The number of hydrogen-bond acceptors (Lipinski definition) is 6. The number of H-pyrrole nitrogens is 1. The zero-order valence-electron chi connectivity index (χ0n) is 18.0. The van der Waals surface area contributed by atoms with Gasteiger partial charge in [0.15, 0.2) is 0 Å². The summed E-state index contributed by atoms with van der Waals surface area (Å²) in [5.74, 6) is -1.38. The molecule has 0 unspecified atom stereocenters. The van der Waals surface area contributed by atoms with Crippen molar-refractivity contribution < 1.29 is 19.5 Å². The van der Waals surface area contributed by atoms with Gasteiger partial charge >= 0.3 is 10.8 Å². The molecule has 3 fully saturated rings. The Labute approximate surface area is 198 Å². The second kappa shape index (κ2) is 7.56. The molecule has 2 aromatic rings. The lowest BCUT2D eigenvalue weighted by atomic mass is 9.68. The van der Waals surface area contributed by atoms with E-state index < -0.39 is 5.97 Å². The number of carboxylic acids is 1. The average Bonchev–Trinajstić information content (AvgIpc) is 3.49. The number of aromatic nitrogens is 1. The maximum atomic E-state index is 13.4. The van der Waals surface area contributed by atoms with E-state index in [1.165, 1.54) is 21.8 Å². The molecule has 1 aromatic heterocycles. The van der Waals surface area contributed by atoms with Crippen LogP contribution in [0.15, 0.2) is 34.1 Å². The highest BCUT2D eigenvalue weighted by molar-refractivity contribution is 8.00. The summed E-state index contributed by atoms with van der Waals surface area (Å²) in [5, 5.41) is 10.0. The van der Waals surface area contributed by atoms with Crippen LogP contribution in [0.5, 0.6) is 0 Å². The Balaban J connectivity index is 1.37. The lowest BCUT2D eigenvalue weighted by Crippen LogP contribution is -2.42. The molecule has 0 radical (unpaired) electrons. The largest absolute Gasteiger partial charge is 0.481 e. The van der Waals surface area contributed by atoms with E-state index in [4.69, 9.17) is 5.11 Å². The molecule has 2 aliphatic carbocycles. The van der Waals surface area contributed by atoms with Gasteiger partial charge in [0, 0.05) is 29.0 Å². The summed E-state index contributed by atoms with van der Waals surface area (Å²) in [5.41, 5.74) is 2.33. The number of nitrogens with zero attached hydrogens (tertiary/aromatic N) is 1. The molecule has 2 amide bonds. The van der Waals surface area contributed by atoms with Gasteiger partial charge < -0.3 is 10.1 Å². The maximum Gasteiger partial charge on any atom is 0.305 e. The first kappa shape index (κ1) is 21.2. The predicted octanol–water partition coefficient (Wildman–Crippen LogP) is 3.08. The third-order valence-corrected chi connectivity index (χ3v) is 10.6. The number of imide groups is 1. The van der Waals surface area contributed by atoms with Crippen molar-refractivity contribution in [2.75, 3.05) is 6.54 Å². The predicted molar refractivity (Wildman–Crippen MR) is 123 cm³/mol. The van der Waals surface area contributed by atoms with Gasteiger partial charge in [0.25, 0.3) is 0 Å². The van der Waals surface area contributed by atoms with Crippen molar-refractivity contribution in [2.45, 2.75) is 42.4 Å². The fourth-order valence-corrected chi connectivity index (χ4v) is 9.72. The van der Waals surface area contributed by atoms with E-state index >= 15 is 0 Å². The normalized spacial score (nSPS) is 33.8. The van der Waals surface area contributed by atoms with Crippen molar-refractivity contribution >= 4 is 40.9 Å². The van der Waals surface area contributed by atoms with Crippen LogP contribution in [0, 0.1) is 36.5 Å². The molecule has 2 N–H and O–H groups in total. The van der Waals surface area contributed by atoms with Crippen LogP contribution in [-0.4, -0.2) is 44.6 Å². The summed E-state index contributed by atoms with van der Waals surface area (Å²) in [7, 11) is 0. The number of carboxylic acid groups (broad SMARTS) is 1. The average molecular weight is 485 g/mol. The van der Waals surface area contributed by atoms with E-state index in [1.807, 2.05) is 6.92 Å². The standard InChI is InChI=1S/C24H24N2O5S2/c1-10-4-6-11(7-5-10)15-16-12-9-13(19(16)32-21-20(15)33-24(31)25-21)18-17(12)22(29)26(23(18)30)8-2-3-14(27)28/h4-7,12-13,15-19H,2-3,8-9H2,1H3,(H,25,31)(H,27,28)/t12-,13+,15+,16-,17+,18+,19-/m0/s1. The third kappa shape index (κ3) is 3.08. The van der Waals surface area contributed by atoms with Crippen molar-refractivity contribution in [1.29, 1.82) is 0 Å². The summed E-state index contributed by atoms with van der Waals surface area (Å²) >= 11 is 2.95. The monoisotopic (exact) mass is 484 g/mol. The number of fused-ring (bicyclic) bond motifs is 9. The van der Waals surface area contributed by atoms with Crippen LogP contribution in [-0.2, 0) is 14.4 Å². The highest BCUT2D eigenvalue weighted by atomic mass is 32.2. The number of carbonyl (C=O) groups excluding carboxylic acids is 2. The first-order valence-electron chi connectivity index (χ1n) is 11.4. The summed E-state index contributed by atoms with van der Waals surface area (Å²) in [6.45, 7) is 2.23. The zero-order chi connectivity index (χ0) is 23.0. The first-order valence-corrected chi connectivity index (χ1v) is 13.1. The Kier molecular flexibility index (Phi) is 4.85. The molecule has 9 heteroatoms. The Hall–Kier alpha value is -2.39. The Morgan fingerprint density at radius 2 is 1.82 bits per heavy atom. The van der Waals surface area contributed by atoms with Crippen molar-refractivity contribution in [2.24, 2.45) is 29.6 Å². The van der Waals surface area contributed by atoms with E-state index in [9.17, 15) is 19.2 Å². The Morgan fingerprint density at radius 1 is 1.12 bits per heavy atom. The van der Waals surface area contributed by atoms with Gasteiger partial charge in [-0.05, 0) is 43.1 Å². The lowest BCUT2D eigenvalue weighted by molar-refractivity contribution is -0.142. The molecule has 33 heavy (non-hydrogen) atoms. The second-order valence-electron chi connectivity index (χ2n) is 9.70. The highest BCUT2D eigenvalue weighted by Crippen LogP contribution is 2.68. The minimum atomic E-state index is -0.919. The quantitative estimate of drug-likeness (QED) is 0.632. The van der Waals surface area contributed by atoms with E-state index in [2.05, 4.69) is 29.2 Å². The number of rotatable bonds is 5. The van der Waals surface area contributed by atoms with E-state index in [1.54, 1.807) is 11.8 Å². The van der Waals surface area contributed by atoms with Crippen LogP contribution in [0.4, 0.5) is 0 Å². The van der Waals surface area contributed by atoms with Crippen molar-refractivity contribution in [1.82, 2.24) is 9.88 Å². The number of hydrogen-bond donors (Lipinski definition) is 2. The molecule has 2 aliphatic heterocycles. The molecule has 3 heterocycles. The van der Waals surface area contributed by atoms with E-state index in [-0.39, 0.29) is 76.8 Å². The van der Waals surface area contributed by atoms with Gasteiger partial charge in [0.2, 0.25) is 11.8 Å². The maximum absolute atomic E-state index is 13.4. The molecule has 2 bridgehead atoms. The number of carbonyl (C=O) groups is 3. The molecule has 4 aliphatic rings. The molecule has 7 nitrogen and oxygen atoms in total. The SMILES string of the molecule is Cc1ccc([C@H]2c3sc(=O)[nH]c3S[C@H]3[C@@H]4C[C@H]([C@H]5C(=O)N(CCCC(=O)O)C(=O)[C@H]45)[C@@H]23)cc1. The van der Waals surface area contributed by atoms with Gasteiger partial charge in [0.1, 0.15) is 0 Å². The van der Waals surface area contributed by atoms with Gasteiger partial charge in [0.05, 0.1) is 16.9 Å². The number of thiazole rings is 1. The molecule has 2 saturated carbocycles. The summed E-state index contributed by atoms with van der Waals surface area (Å²) < 4.78 is 0. The fraction of sp³-hybridized carbons (Fsp3) is 0.500. The summed E-state index contributed by atoms with van der Waals surface area (Å²) in [4.78, 5) is 55.1.